The largest absolute Gasteiger partial charge is 0.573 e. The molecule has 106 valence electrons. The second-order valence-corrected chi connectivity index (χ2v) is 4.41. The van der Waals surface area contributed by atoms with Crippen LogP contribution >= 0.6 is 22.6 Å². The molecule has 19 heavy (non-hydrogen) atoms. The smallest absolute Gasteiger partial charge is 0.469 e. The van der Waals surface area contributed by atoms with Gasteiger partial charge in [-0.1, -0.05) is 0 Å². The third-order valence-electron chi connectivity index (χ3n) is 2.07. The Balaban J connectivity index is 3.14. The van der Waals surface area contributed by atoms with Crippen molar-refractivity contribution in [1.82, 2.24) is 4.98 Å². The highest BCUT2D eigenvalue weighted by Gasteiger charge is 2.32. The number of hydrogen-bond donors (Lipinski definition) is 1. The van der Waals surface area contributed by atoms with E-state index in [1.807, 2.05) is 0 Å². The lowest BCUT2D eigenvalue weighted by atomic mass is 10.2. The van der Waals surface area contributed by atoms with E-state index in [0.29, 0.717) is 3.70 Å². The molecule has 0 bridgehead atoms. The molecule has 0 aliphatic rings. The first-order valence-electron chi connectivity index (χ1n) is 4.97. The zero-order valence-corrected chi connectivity index (χ0v) is 11.9. The molecule has 1 aromatic heterocycles. The van der Waals surface area contributed by atoms with E-state index in [1.54, 1.807) is 22.6 Å². The molecule has 0 unspecified atom stereocenters. The third kappa shape index (κ3) is 4.82. The Morgan fingerprint density at radius 1 is 1.53 bits per heavy atom. The molecule has 0 aromatic carbocycles. The van der Waals surface area contributed by atoms with Crippen molar-refractivity contribution < 1.29 is 27.4 Å². The molecular weight excluding hydrogens is 380 g/mol. The van der Waals surface area contributed by atoms with Gasteiger partial charge in [-0.3, -0.25) is 4.79 Å². The van der Waals surface area contributed by atoms with Crippen LogP contribution in [0.3, 0.4) is 0 Å². The van der Waals surface area contributed by atoms with Gasteiger partial charge in [0.25, 0.3) is 0 Å². The van der Waals surface area contributed by atoms with Gasteiger partial charge >= 0.3 is 12.3 Å². The van der Waals surface area contributed by atoms with Crippen LogP contribution in [0.5, 0.6) is 5.75 Å². The minimum atomic E-state index is -4.85. The molecular formula is C10H10F3IN2O3. The van der Waals surface area contributed by atoms with Crippen LogP contribution in [0.4, 0.5) is 13.2 Å². The fourth-order valence-electron chi connectivity index (χ4n) is 1.26. The van der Waals surface area contributed by atoms with Crippen LogP contribution in [0.15, 0.2) is 6.07 Å². The molecule has 0 atom stereocenters. The number of aromatic nitrogens is 1. The monoisotopic (exact) mass is 390 g/mol. The number of rotatable bonds is 4. The molecule has 0 saturated carbocycles. The maximum atomic E-state index is 12.2. The summed E-state index contributed by atoms with van der Waals surface area (Å²) in [6, 6.07) is 1.10. The summed E-state index contributed by atoms with van der Waals surface area (Å²) < 4.78 is 45.4. The molecule has 1 aromatic rings. The summed E-state index contributed by atoms with van der Waals surface area (Å²) in [7, 11) is 1.18. The summed E-state index contributed by atoms with van der Waals surface area (Å²) in [5.41, 5.74) is 5.56. The van der Waals surface area contributed by atoms with Gasteiger partial charge in [0, 0.05) is 6.54 Å². The Bertz CT molecular complexity index is 480. The van der Waals surface area contributed by atoms with Gasteiger partial charge in [0.2, 0.25) is 0 Å². The number of nitrogens with zero attached hydrogens (tertiary/aromatic N) is 1. The van der Waals surface area contributed by atoms with E-state index in [4.69, 9.17) is 5.73 Å². The number of carbonyl (C=O) groups is 1. The normalized spacial score (nSPS) is 11.3. The van der Waals surface area contributed by atoms with Gasteiger partial charge < -0.3 is 15.2 Å². The van der Waals surface area contributed by atoms with Crippen LogP contribution in [-0.4, -0.2) is 24.4 Å². The molecule has 0 amide bonds. The van der Waals surface area contributed by atoms with E-state index in [-0.39, 0.29) is 24.2 Å². The molecule has 0 aliphatic heterocycles. The molecule has 5 nitrogen and oxygen atoms in total. The molecule has 9 heteroatoms. The van der Waals surface area contributed by atoms with Crippen molar-refractivity contribution in [2.24, 2.45) is 5.73 Å². The van der Waals surface area contributed by atoms with Gasteiger partial charge in [0.1, 0.15) is 3.70 Å². The van der Waals surface area contributed by atoms with Crippen LogP contribution in [0, 0.1) is 3.70 Å². The molecule has 1 rings (SSSR count). The Hall–Kier alpha value is -1.10. The average Bonchev–Trinajstić information content (AvgIpc) is 2.30. The summed E-state index contributed by atoms with van der Waals surface area (Å²) in [6.07, 6.45) is -5.04. The first-order valence-corrected chi connectivity index (χ1v) is 6.05. The van der Waals surface area contributed by atoms with E-state index < -0.39 is 18.1 Å². The average molecular weight is 390 g/mol. The minimum absolute atomic E-state index is 0.0321. The molecule has 1 heterocycles. The first-order chi connectivity index (χ1) is 8.76. The summed E-state index contributed by atoms with van der Waals surface area (Å²) in [4.78, 5) is 15.0. The van der Waals surface area contributed by atoms with Crippen molar-refractivity contribution in [3.05, 3.63) is 21.0 Å². The third-order valence-corrected chi connectivity index (χ3v) is 3.00. The van der Waals surface area contributed by atoms with E-state index in [2.05, 4.69) is 14.5 Å². The highest BCUT2D eigenvalue weighted by Crippen LogP contribution is 2.28. The van der Waals surface area contributed by atoms with Crippen molar-refractivity contribution in [3.63, 3.8) is 0 Å². The molecule has 0 saturated heterocycles. The summed E-state index contributed by atoms with van der Waals surface area (Å²) in [5, 5.41) is 0. The van der Waals surface area contributed by atoms with Crippen molar-refractivity contribution in [2.45, 2.75) is 19.3 Å². The van der Waals surface area contributed by atoms with E-state index in [1.165, 1.54) is 7.11 Å². The topological polar surface area (TPSA) is 74.4 Å². The first kappa shape index (κ1) is 16.0. The number of halogens is 4. The summed E-state index contributed by atoms with van der Waals surface area (Å²) >= 11 is 1.80. The predicted octanol–water partition coefficient (Wildman–Crippen LogP) is 1.76. The Morgan fingerprint density at radius 3 is 2.63 bits per heavy atom. The van der Waals surface area contributed by atoms with Gasteiger partial charge in [-0.25, -0.2) is 4.98 Å². The standard InChI is InChI=1S/C10H10F3IN2O3/c1-18-8(17)3-5-2-7(19-10(11,12)13)6(4-15)16-9(5)14/h2H,3-4,15H2,1H3. The predicted molar refractivity (Wildman–Crippen MR) is 67.2 cm³/mol. The van der Waals surface area contributed by atoms with Crippen LogP contribution in [0.2, 0.25) is 0 Å². The van der Waals surface area contributed by atoms with Crippen molar-refractivity contribution in [3.8, 4) is 5.75 Å². The van der Waals surface area contributed by atoms with E-state index in [0.717, 1.165) is 6.07 Å². The van der Waals surface area contributed by atoms with Crippen LogP contribution < -0.4 is 10.5 Å². The highest BCUT2D eigenvalue weighted by atomic mass is 127. The van der Waals surface area contributed by atoms with Gasteiger partial charge in [-0.2, -0.15) is 0 Å². The lowest BCUT2D eigenvalue weighted by Gasteiger charge is -2.14. The SMILES string of the molecule is COC(=O)Cc1cc(OC(F)(F)F)c(CN)nc1I. The molecule has 2 N–H and O–H groups in total. The lowest BCUT2D eigenvalue weighted by Crippen LogP contribution is -2.20. The summed E-state index contributed by atoms with van der Waals surface area (Å²) in [5.74, 6) is -1.09. The number of methoxy groups -OCH3 is 1. The fraction of sp³-hybridized carbons (Fsp3) is 0.400. The number of hydrogen-bond acceptors (Lipinski definition) is 5. The number of pyridine rings is 1. The fourth-order valence-corrected chi connectivity index (χ4v) is 1.89. The van der Waals surface area contributed by atoms with Crippen molar-refractivity contribution >= 4 is 28.6 Å². The maximum Gasteiger partial charge on any atom is 0.573 e. The van der Waals surface area contributed by atoms with E-state index >= 15 is 0 Å². The maximum absolute atomic E-state index is 12.2. The molecule has 0 radical (unpaired) electrons. The lowest BCUT2D eigenvalue weighted by molar-refractivity contribution is -0.275. The second kappa shape index (κ2) is 6.37. The summed E-state index contributed by atoms with van der Waals surface area (Å²) in [6.45, 7) is -0.208. The molecule has 0 spiro atoms. The Labute approximate surface area is 120 Å². The zero-order valence-electron chi connectivity index (χ0n) is 9.75. The van der Waals surface area contributed by atoms with Crippen LogP contribution in [0.1, 0.15) is 11.3 Å². The minimum Gasteiger partial charge on any atom is -0.469 e. The zero-order chi connectivity index (χ0) is 14.6. The van der Waals surface area contributed by atoms with E-state index in [9.17, 15) is 18.0 Å². The number of carbonyl (C=O) groups excluding carboxylic acids is 1. The number of nitrogens with two attached hydrogens (primary N) is 1. The second-order valence-electron chi connectivity index (χ2n) is 3.39. The van der Waals surface area contributed by atoms with Crippen LogP contribution in [0.25, 0.3) is 0 Å². The molecule has 0 fully saturated rings. The van der Waals surface area contributed by atoms with Gasteiger partial charge in [-0.15, -0.1) is 13.2 Å². The van der Waals surface area contributed by atoms with Crippen molar-refractivity contribution in [1.29, 1.82) is 0 Å². The van der Waals surface area contributed by atoms with Gasteiger partial charge in [0.15, 0.2) is 5.75 Å². The van der Waals surface area contributed by atoms with Crippen molar-refractivity contribution in [2.75, 3.05) is 7.11 Å². The quantitative estimate of drug-likeness (QED) is 0.482. The Morgan fingerprint density at radius 2 is 2.16 bits per heavy atom. The van der Waals surface area contributed by atoms with Gasteiger partial charge in [-0.05, 0) is 34.2 Å². The number of alkyl halides is 3. The Kier molecular flexibility index (Phi) is 5.35. The number of ether oxygens (including phenoxy) is 2. The van der Waals surface area contributed by atoms with Crippen LogP contribution in [-0.2, 0) is 22.5 Å². The van der Waals surface area contributed by atoms with Gasteiger partial charge in [0.05, 0.1) is 19.2 Å². The highest BCUT2D eigenvalue weighted by molar-refractivity contribution is 14.1. The number of esters is 1. The molecule has 0 aliphatic carbocycles.